The molecule has 3 aromatic rings. The molecule has 0 radical (unpaired) electrons. The van der Waals surface area contributed by atoms with Crippen LogP contribution in [0.15, 0.2) is 53.2 Å². The van der Waals surface area contributed by atoms with Gasteiger partial charge in [0.15, 0.2) is 11.5 Å². The molecule has 0 spiro atoms. The standard InChI is InChI=1S/C18H19N5O2/c1-13-19-11-8-17(22-13)20-9-5-10-21-18(24)15-12-16(25-23-15)14-6-3-2-4-7-14/h2-4,6-8,11-12H,5,9-10H2,1H3,(H,21,24)(H,19,20,22). The molecule has 2 N–H and O–H groups in total. The lowest BCUT2D eigenvalue weighted by molar-refractivity contribution is 0.0944. The lowest BCUT2D eigenvalue weighted by Crippen LogP contribution is -2.26. The van der Waals surface area contributed by atoms with E-state index in [2.05, 4.69) is 25.8 Å². The van der Waals surface area contributed by atoms with Crippen LogP contribution in [0, 0.1) is 6.92 Å². The average Bonchev–Trinajstić information content (AvgIpc) is 3.12. The Bertz CT molecular complexity index is 832. The largest absolute Gasteiger partial charge is 0.370 e. The van der Waals surface area contributed by atoms with E-state index in [1.807, 2.05) is 43.3 Å². The summed E-state index contributed by atoms with van der Waals surface area (Å²) in [4.78, 5) is 20.4. The van der Waals surface area contributed by atoms with Gasteiger partial charge in [-0.15, -0.1) is 0 Å². The van der Waals surface area contributed by atoms with Crippen LogP contribution in [-0.2, 0) is 0 Å². The van der Waals surface area contributed by atoms with Crippen LogP contribution in [0.25, 0.3) is 11.3 Å². The van der Waals surface area contributed by atoms with Crippen molar-refractivity contribution in [3.05, 3.63) is 60.2 Å². The summed E-state index contributed by atoms with van der Waals surface area (Å²) in [5.41, 5.74) is 1.16. The molecule has 0 aliphatic rings. The second kappa shape index (κ2) is 8.05. The van der Waals surface area contributed by atoms with E-state index in [4.69, 9.17) is 4.52 Å². The van der Waals surface area contributed by atoms with Crippen molar-refractivity contribution in [2.75, 3.05) is 18.4 Å². The van der Waals surface area contributed by atoms with Gasteiger partial charge >= 0.3 is 0 Å². The van der Waals surface area contributed by atoms with Gasteiger partial charge in [-0.05, 0) is 19.4 Å². The maximum absolute atomic E-state index is 12.1. The number of hydrogen-bond donors (Lipinski definition) is 2. The molecule has 3 rings (SSSR count). The van der Waals surface area contributed by atoms with Crippen molar-refractivity contribution in [2.24, 2.45) is 0 Å². The van der Waals surface area contributed by atoms with Crippen molar-refractivity contribution < 1.29 is 9.32 Å². The molecule has 128 valence electrons. The van der Waals surface area contributed by atoms with Crippen LogP contribution in [-0.4, -0.2) is 34.1 Å². The van der Waals surface area contributed by atoms with Crippen molar-refractivity contribution in [1.82, 2.24) is 20.4 Å². The topological polar surface area (TPSA) is 92.9 Å². The lowest BCUT2D eigenvalue weighted by atomic mass is 10.1. The van der Waals surface area contributed by atoms with Gasteiger partial charge < -0.3 is 15.2 Å². The van der Waals surface area contributed by atoms with Crippen LogP contribution in [0.4, 0.5) is 5.82 Å². The fourth-order valence-corrected chi connectivity index (χ4v) is 2.27. The Balaban J connectivity index is 1.43. The smallest absolute Gasteiger partial charge is 0.273 e. The number of aryl methyl sites for hydroxylation is 1. The maximum atomic E-state index is 12.1. The summed E-state index contributed by atoms with van der Waals surface area (Å²) in [5, 5.41) is 9.84. The molecular weight excluding hydrogens is 318 g/mol. The zero-order valence-electron chi connectivity index (χ0n) is 13.9. The third kappa shape index (κ3) is 4.63. The summed E-state index contributed by atoms with van der Waals surface area (Å²) >= 11 is 0. The molecule has 0 saturated heterocycles. The third-order valence-electron chi connectivity index (χ3n) is 3.52. The number of nitrogens with zero attached hydrogens (tertiary/aromatic N) is 3. The fourth-order valence-electron chi connectivity index (χ4n) is 2.27. The molecule has 25 heavy (non-hydrogen) atoms. The molecule has 0 saturated carbocycles. The van der Waals surface area contributed by atoms with Crippen molar-refractivity contribution in [3.63, 3.8) is 0 Å². The summed E-state index contributed by atoms with van der Waals surface area (Å²) in [6, 6.07) is 13.0. The van der Waals surface area contributed by atoms with Gasteiger partial charge in [-0.25, -0.2) is 9.97 Å². The molecule has 0 aliphatic carbocycles. The normalized spacial score (nSPS) is 10.4. The second-order valence-electron chi connectivity index (χ2n) is 5.47. The number of carbonyl (C=O) groups excluding carboxylic acids is 1. The van der Waals surface area contributed by atoms with Gasteiger partial charge in [0, 0.05) is 30.9 Å². The molecule has 0 unspecified atom stereocenters. The first-order valence-corrected chi connectivity index (χ1v) is 8.06. The van der Waals surface area contributed by atoms with Gasteiger partial charge in [0.2, 0.25) is 0 Å². The predicted octanol–water partition coefficient (Wildman–Crippen LogP) is 2.67. The van der Waals surface area contributed by atoms with Crippen LogP contribution in [0.1, 0.15) is 22.7 Å². The summed E-state index contributed by atoms with van der Waals surface area (Å²) in [5.74, 6) is 1.83. The van der Waals surface area contributed by atoms with E-state index in [9.17, 15) is 4.79 Å². The van der Waals surface area contributed by atoms with Gasteiger partial charge in [-0.2, -0.15) is 0 Å². The Labute approximate surface area is 145 Å². The maximum Gasteiger partial charge on any atom is 0.273 e. The second-order valence-corrected chi connectivity index (χ2v) is 5.47. The van der Waals surface area contributed by atoms with Crippen molar-refractivity contribution >= 4 is 11.7 Å². The van der Waals surface area contributed by atoms with Crippen LogP contribution in [0.3, 0.4) is 0 Å². The van der Waals surface area contributed by atoms with Crippen LogP contribution >= 0.6 is 0 Å². The summed E-state index contributed by atoms with van der Waals surface area (Å²) in [6.07, 6.45) is 2.47. The Morgan fingerprint density at radius 1 is 1.16 bits per heavy atom. The van der Waals surface area contributed by atoms with E-state index in [1.54, 1.807) is 12.3 Å². The third-order valence-corrected chi connectivity index (χ3v) is 3.52. The Morgan fingerprint density at radius 2 is 2.00 bits per heavy atom. The molecule has 1 amide bonds. The van der Waals surface area contributed by atoms with Crippen molar-refractivity contribution in [3.8, 4) is 11.3 Å². The minimum Gasteiger partial charge on any atom is -0.370 e. The Morgan fingerprint density at radius 3 is 2.80 bits per heavy atom. The van der Waals surface area contributed by atoms with Gasteiger partial charge in [0.1, 0.15) is 11.6 Å². The number of rotatable bonds is 7. The van der Waals surface area contributed by atoms with E-state index in [0.29, 0.717) is 18.8 Å². The van der Waals surface area contributed by atoms with E-state index in [1.165, 1.54) is 0 Å². The molecule has 7 heteroatoms. The Hall–Kier alpha value is -3.22. The number of nitrogens with one attached hydrogen (secondary N) is 2. The van der Waals surface area contributed by atoms with E-state index in [-0.39, 0.29) is 11.6 Å². The highest BCUT2D eigenvalue weighted by Crippen LogP contribution is 2.19. The molecule has 0 aliphatic heterocycles. The quantitative estimate of drug-likeness (QED) is 0.644. The predicted molar refractivity (Wildman–Crippen MR) is 94.1 cm³/mol. The van der Waals surface area contributed by atoms with Gasteiger partial charge in [-0.3, -0.25) is 4.79 Å². The average molecular weight is 337 g/mol. The van der Waals surface area contributed by atoms with E-state index in [0.717, 1.165) is 23.6 Å². The van der Waals surface area contributed by atoms with Gasteiger partial charge in [-0.1, -0.05) is 35.5 Å². The molecule has 7 nitrogen and oxygen atoms in total. The zero-order chi connectivity index (χ0) is 17.5. The van der Waals surface area contributed by atoms with Crippen LogP contribution in [0.2, 0.25) is 0 Å². The highest BCUT2D eigenvalue weighted by molar-refractivity contribution is 5.93. The number of anilines is 1. The van der Waals surface area contributed by atoms with Crippen LogP contribution < -0.4 is 10.6 Å². The SMILES string of the molecule is Cc1nccc(NCCCNC(=O)c2cc(-c3ccccc3)on2)n1. The Kier molecular flexibility index (Phi) is 5.36. The first-order valence-electron chi connectivity index (χ1n) is 8.06. The van der Waals surface area contributed by atoms with Crippen molar-refractivity contribution in [1.29, 1.82) is 0 Å². The van der Waals surface area contributed by atoms with E-state index >= 15 is 0 Å². The number of hydrogen-bond acceptors (Lipinski definition) is 6. The number of benzene rings is 1. The first-order chi connectivity index (χ1) is 12.2. The summed E-state index contributed by atoms with van der Waals surface area (Å²) in [6.45, 7) is 3.07. The molecule has 0 bridgehead atoms. The summed E-state index contributed by atoms with van der Waals surface area (Å²) in [7, 11) is 0. The molecule has 1 aromatic carbocycles. The molecule has 2 aromatic heterocycles. The van der Waals surface area contributed by atoms with E-state index < -0.39 is 0 Å². The highest BCUT2D eigenvalue weighted by atomic mass is 16.5. The number of carbonyl (C=O) groups is 1. The molecule has 0 atom stereocenters. The lowest BCUT2D eigenvalue weighted by Gasteiger charge is -2.06. The molecular formula is C18H19N5O2. The number of aromatic nitrogens is 3. The fraction of sp³-hybridized carbons (Fsp3) is 0.222. The highest BCUT2D eigenvalue weighted by Gasteiger charge is 2.12. The van der Waals surface area contributed by atoms with Crippen LogP contribution in [0.5, 0.6) is 0 Å². The monoisotopic (exact) mass is 337 g/mol. The van der Waals surface area contributed by atoms with Gasteiger partial charge in [0.05, 0.1) is 0 Å². The molecule has 0 fully saturated rings. The zero-order valence-corrected chi connectivity index (χ0v) is 13.9. The summed E-state index contributed by atoms with van der Waals surface area (Å²) < 4.78 is 5.23. The van der Waals surface area contributed by atoms with Gasteiger partial charge in [0.25, 0.3) is 5.91 Å². The minimum absolute atomic E-state index is 0.246. The minimum atomic E-state index is -0.246. The molecule has 2 heterocycles. The van der Waals surface area contributed by atoms with Crippen molar-refractivity contribution in [2.45, 2.75) is 13.3 Å². The first kappa shape index (κ1) is 16.6. The number of amides is 1.